The van der Waals surface area contributed by atoms with Crippen LogP contribution in [0.25, 0.3) is 0 Å². The van der Waals surface area contributed by atoms with Crippen LogP contribution in [0.1, 0.15) is 12.0 Å². The molecule has 2 heterocycles. The number of nitrogens with one attached hydrogen (secondary N) is 1. The highest BCUT2D eigenvalue weighted by molar-refractivity contribution is 7.88. The fraction of sp³-hybridized carbons (Fsp3) is 0.500. The van der Waals surface area contributed by atoms with Crippen molar-refractivity contribution in [3.05, 3.63) is 23.9 Å². The summed E-state index contributed by atoms with van der Waals surface area (Å²) in [6, 6.07) is 5.46. The van der Waals surface area contributed by atoms with E-state index in [1.807, 2.05) is 4.90 Å². The van der Waals surface area contributed by atoms with E-state index < -0.39 is 10.0 Å². The first kappa shape index (κ1) is 17.2. The first-order chi connectivity index (χ1) is 10.9. The van der Waals surface area contributed by atoms with Gasteiger partial charge in [-0.05, 0) is 12.1 Å². The van der Waals surface area contributed by atoms with E-state index in [1.165, 1.54) is 0 Å². The molecular formula is C14H19N5O3S. The molecule has 1 saturated heterocycles. The van der Waals surface area contributed by atoms with Crippen LogP contribution in [0.15, 0.2) is 18.3 Å². The van der Waals surface area contributed by atoms with Gasteiger partial charge in [0.1, 0.15) is 5.82 Å². The second-order valence-electron chi connectivity index (χ2n) is 5.30. The van der Waals surface area contributed by atoms with Crippen molar-refractivity contribution in [3.8, 4) is 6.07 Å². The van der Waals surface area contributed by atoms with Crippen molar-refractivity contribution in [2.24, 2.45) is 0 Å². The van der Waals surface area contributed by atoms with Crippen molar-refractivity contribution in [2.75, 3.05) is 43.9 Å². The Morgan fingerprint density at radius 1 is 1.39 bits per heavy atom. The first-order valence-corrected chi connectivity index (χ1v) is 9.12. The van der Waals surface area contributed by atoms with Crippen molar-refractivity contribution in [2.45, 2.75) is 6.42 Å². The maximum Gasteiger partial charge on any atom is 0.224 e. The van der Waals surface area contributed by atoms with Crippen LogP contribution in [-0.4, -0.2) is 63.2 Å². The van der Waals surface area contributed by atoms with Crippen molar-refractivity contribution < 1.29 is 13.2 Å². The number of anilines is 1. The average Bonchev–Trinajstić information content (AvgIpc) is 2.54. The van der Waals surface area contributed by atoms with Crippen molar-refractivity contribution in [3.63, 3.8) is 0 Å². The van der Waals surface area contributed by atoms with Crippen LogP contribution in [0.2, 0.25) is 0 Å². The molecule has 0 atom stereocenters. The molecule has 0 radical (unpaired) electrons. The zero-order valence-corrected chi connectivity index (χ0v) is 13.7. The van der Waals surface area contributed by atoms with Gasteiger partial charge >= 0.3 is 0 Å². The van der Waals surface area contributed by atoms with Gasteiger partial charge in [0, 0.05) is 45.3 Å². The highest BCUT2D eigenvalue weighted by Gasteiger charge is 2.21. The molecule has 0 aromatic carbocycles. The van der Waals surface area contributed by atoms with Crippen LogP contribution in [-0.2, 0) is 14.8 Å². The number of carbonyl (C=O) groups is 1. The lowest BCUT2D eigenvalue weighted by molar-refractivity contribution is -0.131. The smallest absolute Gasteiger partial charge is 0.224 e. The molecule has 0 aliphatic carbocycles. The summed E-state index contributed by atoms with van der Waals surface area (Å²) in [7, 11) is -3.27. The Labute approximate surface area is 135 Å². The minimum atomic E-state index is -3.27. The molecule has 0 saturated carbocycles. The molecule has 2 rings (SSSR count). The number of sulfonamides is 1. The van der Waals surface area contributed by atoms with Gasteiger partial charge in [0.25, 0.3) is 0 Å². The second kappa shape index (κ2) is 7.39. The minimum absolute atomic E-state index is 0.0699. The number of pyridine rings is 1. The predicted molar refractivity (Wildman–Crippen MR) is 85.2 cm³/mol. The van der Waals surface area contributed by atoms with Crippen LogP contribution < -0.4 is 9.62 Å². The monoisotopic (exact) mass is 337 g/mol. The molecule has 0 bridgehead atoms. The molecule has 23 heavy (non-hydrogen) atoms. The van der Waals surface area contributed by atoms with Gasteiger partial charge in [-0.15, -0.1) is 0 Å². The first-order valence-electron chi connectivity index (χ1n) is 7.22. The Hall–Kier alpha value is -2.18. The number of carbonyl (C=O) groups excluding carboxylic acids is 1. The van der Waals surface area contributed by atoms with Gasteiger partial charge in [0.15, 0.2) is 0 Å². The third kappa shape index (κ3) is 5.19. The van der Waals surface area contributed by atoms with Gasteiger partial charge in [-0.25, -0.2) is 18.1 Å². The summed E-state index contributed by atoms with van der Waals surface area (Å²) >= 11 is 0. The van der Waals surface area contributed by atoms with Crippen LogP contribution in [0.4, 0.5) is 5.82 Å². The van der Waals surface area contributed by atoms with E-state index in [4.69, 9.17) is 5.26 Å². The van der Waals surface area contributed by atoms with Gasteiger partial charge in [-0.3, -0.25) is 4.79 Å². The van der Waals surface area contributed by atoms with Crippen LogP contribution in [0.3, 0.4) is 0 Å². The summed E-state index contributed by atoms with van der Waals surface area (Å²) in [6.45, 7) is 2.48. The number of nitriles is 1. The molecule has 1 aliphatic heterocycles. The molecule has 8 nitrogen and oxygen atoms in total. The summed E-state index contributed by atoms with van der Waals surface area (Å²) in [5.41, 5.74) is 0.556. The summed E-state index contributed by atoms with van der Waals surface area (Å²) < 4.78 is 24.3. The zero-order valence-electron chi connectivity index (χ0n) is 12.9. The van der Waals surface area contributed by atoms with Gasteiger partial charge in [-0.1, -0.05) is 0 Å². The van der Waals surface area contributed by atoms with E-state index in [2.05, 4.69) is 15.8 Å². The largest absolute Gasteiger partial charge is 0.353 e. The van der Waals surface area contributed by atoms with E-state index in [1.54, 1.807) is 23.2 Å². The van der Waals surface area contributed by atoms with E-state index in [9.17, 15) is 13.2 Å². The quantitative estimate of drug-likeness (QED) is 0.779. The Balaban J connectivity index is 1.83. The van der Waals surface area contributed by atoms with Crippen molar-refractivity contribution >= 4 is 21.7 Å². The highest BCUT2D eigenvalue weighted by Crippen LogP contribution is 2.15. The van der Waals surface area contributed by atoms with Crippen molar-refractivity contribution in [1.82, 2.24) is 14.6 Å². The Morgan fingerprint density at radius 2 is 2.09 bits per heavy atom. The Kier molecular flexibility index (Phi) is 5.52. The highest BCUT2D eigenvalue weighted by atomic mass is 32.2. The maximum absolute atomic E-state index is 12.0. The molecular weight excluding hydrogens is 318 g/mol. The molecule has 1 aliphatic rings. The average molecular weight is 337 g/mol. The van der Waals surface area contributed by atoms with E-state index in [0.717, 1.165) is 12.1 Å². The molecule has 124 valence electrons. The lowest BCUT2D eigenvalue weighted by Crippen LogP contribution is -2.49. The second-order valence-corrected chi connectivity index (χ2v) is 7.13. The normalized spacial score (nSPS) is 15.3. The van der Waals surface area contributed by atoms with Crippen LogP contribution in [0, 0.1) is 11.3 Å². The summed E-state index contributed by atoms with van der Waals surface area (Å²) in [5, 5.41) is 8.92. The van der Waals surface area contributed by atoms with Gasteiger partial charge in [0.2, 0.25) is 15.9 Å². The van der Waals surface area contributed by atoms with Crippen LogP contribution in [0.5, 0.6) is 0 Å². The topological polar surface area (TPSA) is 106 Å². The lowest BCUT2D eigenvalue weighted by Gasteiger charge is -2.35. The summed E-state index contributed by atoms with van der Waals surface area (Å²) in [5.74, 6) is 0.662. The Bertz CT molecular complexity index is 705. The van der Waals surface area contributed by atoms with Crippen LogP contribution >= 0.6 is 0 Å². The lowest BCUT2D eigenvalue weighted by atomic mass is 10.2. The Morgan fingerprint density at radius 3 is 2.70 bits per heavy atom. The molecule has 1 aromatic heterocycles. The molecule has 1 aromatic rings. The minimum Gasteiger partial charge on any atom is -0.353 e. The number of rotatable bonds is 5. The molecule has 0 unspecified atom stereocenters. The number of piperazine rings is 1. The third-order valence-electron chi connectivity index (χ3n) is 3.53. The van der Waals surface area contributed by atoms with E-state index in [-0.39, 0.29) is 18.9 Å². The number of nitrogens with zero attached hydrogens (tertiary/aromatic N) is 4. The molecule has 1 amide bonds. The molecule has 1 N–H and O–H groups in total. The standard InChI is InChI=1S/C14H19N5O3S/c1-23(21,22)17-5-3-14(20)19-8-6-18(7-9-19)13-10-12(11-15)2-4-16-13/h2,4,10,17H,3,5-9H2,1H3. The third-order valence-corrected chi connectivity index (χ3v) is 4.26. The van der Waals surface area contributed by atoms with E-state index >= 15 is 0 Å². The number of amides is 1. The number of hydrogen-bond donors (Lipinski definition) is 1. The number of hydrogen-bond acceptors (Lipinski definition) is 6. The molecule has 9 heteroatoms. The van der Waals surface area contributed by atoms with Crippen molar-refractivity contribution in [1.29, 1.82) is 5.26 Å². The fourth-order valence-electron chi connectivity index (χ4n) is 2.35. The van der Waals surface area contributed by atoms with Gasteiger partial charge < -0.3 is 9.80 Å². The number of aromatic nitrogens is 1. The molecule has 0 spiro atoms. The zero-order chi connectivity index (χ0) is 16.9. The van der Waals surface area contributed by atoms with Gasteiger partial charge in [-0.2, -0.15) is 5.26 Å². The summed E-state index contributed by atoms with van der Waals surface area (Å²) in [4.78, 5) is 20.0. The van der Waals surface area contributed by atoms with E-state index in [0.29, 0.717) is 31.7 Å². The van der Waals surface area contributed by atoms with Gasteiger partial charge in [0.05, 0.1) is 17.9 Å². The summed E-state index contributed by atoms with van der Waals surface area (Å²) in [6.07, 6.45) is 2.82. The maximum atomic E-state index is 12.0. The SMILES string of the molecule is CS(=O)(=O)NCCC(=O)N1CCN(c2cc(C#N)ccn2)CC1. The predicted octanol–water partition coefficient (Wildman–Crippen LogP) is -0.459. The molecule has 1 fully saturated rings. The fourth-order valence-corrected chi connectivity index (χ4v) is 2.82.